The van der Waals surface area contributed by atoms with Crippen LogP contribution < -0.4 is 5.32 Å². The number of nitrogens with zero attached hydrogens (tertiary/aromatic N) is 3. The van der Waals surface area contributed by atoms with Crippen molar-refractivity contribution in [2.45, 2.75) is 38.6 Å². The van der Waals surface area contributed by atoms with Crippen LogP contribution in [0.4, 0.5) is 5.69 Å². The smallest absolute Gasteiger partial charge is 0.224 e. The highest BCUT2D eigenvalue weighted by Gasteiger charge is 2.28. The van der Waals surface area contributed by atoms with Crippen LogP contribution >= 0.6 is 0 Å². The Morgan fingerprint density at radius 3 is 2.92 bits per heavy atom. The number of hydrogen-bond acceptors (Lipinski definition) is 5. The highest BCUT2D eigenvalue weighted by atomic mass is 16.5. The van der Waals surface area contributed by atoms with Crippen molar-refractivity contribution in [1.82, 2.24) is 10.1 Å². The summed E-state index contributed by atoms with van der Waals surface area (Å²) in [6.45, 7) is 3.83. The van der Waals surface area contributed by atoms with Gasteiger partial charge in [-0.15, -0.1) is 0 Å². The van der Waals surface area contributed by atoms with Crippen molar-refractivity contribution in [3.05, 3.63) is 47.3 Å². The minimum Gasteiger partial charge on any atom is -0.359 e. The number of carbonyl (C=O) groups excluding carboxylic acids is 1. The Labute approximate surface area is 147 Å². The second-order valence-electron chi connectivity index (χ2n) is 6.41. The molecule has 0 radical (unpaired) electrons. The number of rotatable bonds is 6. The molecule has 1 fully saturated rings. The largest absolute Gasteiger partial charge is 0.359 e. The average Bonchev–Trinajstić information content (AvgIpc) is 3.24. The normalized spacial score (nSPS) is 17.4. The van der Waals surface area contributed by atoms with E-state index in [0.717, 1.165) is 49.5 Å². The zero-order valence-corrected chi connectivity index (χ0v) is 14.4. The molecule has 1 aliphatic rings. The van der Waals surface area contributed by atoms with Gasteiger partial charge in [-0.25, -0.2) is 0 Å². The summed E-state index contributed by atoms with van der Waals surface area (Å²) in [7, 11) is 0. The summed E-state index contributed by atoms with van der Waals surface area (Å²) in [5.41, 5.74) is 2.21. The number of likely N-dealkylation sites (tertiary alicyclic amines) is 1. The predicted octanol–water partition coefficient (Wildman–Crippen LogP) is 3.41. The van der Waals surface area contributed by atoms with E-state index in [1.165, 1.54) is 0 Å². The third-order valence-electron chi connectivity index (χ3n) is 4.49. The molecule has 6 nitrogen and oxygen atoms in total. The molecule has 6 heteroatoms. The van der Waals surface area contributed by atoms with Gasteiger partial charge in [-0.2, -0.15) is 5.26 Å². The van der Waals surface area contributed by atoms with Crippen LogP contribution in [0.5, 0.6) is 0 Å². The van der Waals surface area contributed by atoms with Gasteiger partial charge in [0.05, 0.1) is 23.4 Å². The highest BCUT2D eigenvalue weighted by molar-refractivity contribution is 5.90. The lowest BCUT2D eigenvalue weighted by Crippen LogP contribution is -2.25. The van der Waals surface area contributed by atoms with Crippen molar-refractivity contribution in [2.75, 3.05) is 18.4 Å². The molecule has 0 unspecified atom stereocenters. The second kappa shape index (κ2) is 7.95. The van der Waals surface area contributed by atoms with E-state index in [9.17, 15) is 4.79 Å². The SMILES string of the molecule is Cc1cc([C@@H]2CCCN2CCCC(=O)Nc2ccc(C#N)cc2)on1. The molecule has 2 aromatic rings. The van der Waals surface area contributed by atoms with E-state index in [2.05, 4.69) is 21.4 Å². The van der Waals surface area contributed by atoms with Gasteiger partial charge in [-0.05, 0) is 63.5 Å². The zero-order chi connectivity index (χ0) is 17.6. The molecular formula is C19H22N4O2. The van der Waals surface area contributed by atoms with Gasteiger partial charge in [0.2, 0.25) is 5.91 Å². The van der Waals surface area contributed by atoms with Crippen LogP contribution in [-0.2, 0) is 4.79 Å². The van der Waals surface area contributed by atoms with Gasteiger partial charge < -0.3 is 9.84 Å². The van der Waals surface area contributed by atoms with Crippen molar-refractivity contribution >= 4 is 11.6 Å². The number of aromatic nitrogens is 1. The fourth-order valence-electron chi connectivity index (χ4n) is 3.25. The lowest BCUT2D eigenvalue weighted by atomic mass is 10.1. The van der Waals surface area contributed by atoms with Gasteiger partial charge in [0.25, 0.3) is 0 Å². The van der Waals surface area contributed by atoms with E-state index in [4.69, 9.17) is 9.78 Å². The first kappa shape index (κ1) is 17.2. The molecule has 2 heterocycles. The predicted molar refractivity (Wildman–Crippen MR) is 93.8 cm³/mol. The number of anilines is 1. The molecule has 1 N–H and O–H groups in total. The molecule has 3 rings (SSSR count). The molecule has 0 aliphatic carbocycles. The summed E-state index contributed by atoms with van der Waals surface area (Å²) < 4.78 is 5.41. The maximum atomic E-state index is 12.1. The lowest BCUT2D eigenvalue weighted by molar-refractivity contribution is -0.116. The Morgan fingerprint density at radius 1 is 1.44 bits per heavy atom. The van der Waals surface area contributed by atoms with Crippen LogP contribution in [0, 0.1) is 18.3 Å². The van der Waals surface area contributed by atoms with Crippen LogP contribution in [-0.4, -0.2) is 29.1 Å². The van der Waals surface area contributed by atoms with E-state index in [1.807, 2.05) is 13.0 Å². The molecular weight excluding hydrogens is 316 g/mol. The Balaban J connectivity index is 1.45. The second-order valence-corrected chi connectivity index (χ2v) is 6.41. The standard InChI is InChI=1S/C19H22N4O2/c1-14-12-18(25-22-14)17-4-2-10-23(17)11-3-5-19(24)21-16-8-6-15(13-20)7-9-16/h6-9,12,17H,2-5,10-11H2,1H3,(H,21,24)/t17-/m0/s1. The first-order valence-corrected chi connectivity index (χ1v) is 8.63. The highest BCUT2D eigenvalue weighted by Crippen LogP contribution is 2.32. The molecule has 1 aliphatic heterocycles. The number of hydrogen-bond donors (Lipinski definition) is 1. The molecule has 0 spiro atoms. The van der Waals surface area contributed by atoms with Crippen LogP contribution in [0.1, 0.15) is 48.7 Å². The first-order valence-electron chi connectivity index (χ1n) is 8.63. The summed E-state index contributed by atoms with van der Waals surface area (Å²) in [5.74, 6) is 0.924. The molecule has 130 valence electrons. The molecule has 25 heavy (non-hydrogen) atoms. The maximum Gasteiger partial charge on any atom is 0.224 e. The monoisotopic (exact) mass is 338 g/mol. The van der Waals surface area contributed by atoms with E-state index in [1.54, 1.807) is 24.3 Å². The third kappa shape index (κ3) is 4.46. The molecule has 0 saturated carbocycles. The van der Waals surface area contributed by atoms with Crippen molar-refractivity contribution < 1.29 is 9.32 Å². The van der Waals surface area contributed by atoms with Gasteiger partial charge in [0.15, 0.2) is 5.76 Å². The number of amides is 1. The zero-order valence-electron chi connectivity index (χ0n) is 14.4. The minimum absolute atomic E-state index is 0.00374. The maximum absolute atomic E-state index is 12.1. The van der Waals surface area contributed by atoms with Gasteiger partial charge in [-0.3, -0.25) is 9.69 Å². The third-order valence-corrected chi connectivity index (χ3v) is 4.49. The number of aryl methyl sites for hydroxylation is 1. The summed E-state index contributed by atoms with van der Waals surface area (Å²) in [6.07, 6.45) is 3.48. The van der Waals surface area contributed by atoms with Crippen LogP contribution in [0.15, 0.2) is 34.9 Å². The van der Waals surface area contributed by atoms with Crippen LogP contribution in [0.25, 0.3) is 0 Å². The van der Waals surface area contributed by atoms with Crippen molar-refractivity contribution in [1.29, 1.82) is 5.26 Å². The number of carbonyl (C=O) groups is 1. The summed E-state index contributed by atoms with van der Waals surface area (Å²) in [4.78, 5) is 14.4. The molecule has 1 aromatic heterocycles. The van der Waals surface area contributed by atoms with Gasteiger partial charge in [0.1, 0.15) is 0 Å². The van der Waals surface area contributed by atoms with Crippen LogP contribution in [0.2, 0.25) is 0 Å². The van der Waals surface area contributed by atoms with E-state index in [-0.39, 0.29) is 11.9 Å². The number of nitriles is 1. The molecule has 1 atom stereocenters. The average molecular weight is 338 g/mol. The molecule has 0 bridgehead atoms. The molecule has 1 amide bonds. The van der Waals surface area contributed by atoms with E-state index in [0.29, 0.717) is 12.0 Å². The number of benzene rings is 1. The summed E-state index contributed by atoms with van der Waals surface area (Å²) in [6, 6.07) is 11.2. The quantitative estimate of drug-likeness (QED) is 0.873. The molecule has 1 aromatic carbocycles. The van der Waals surface area contributed by atoms with Gasteiger partial charge in [-0.1, -0.05) is 5.16 Å². The summed E-state index contributed by atoms with van der Waals surface area (Å²) >= 11 is 0. The van der Waals surface area contributed by atoms with E-state index < -0.39 is 0 Å². The van der Waals surface area contributed by atoms with Crippen molar-refractivity contribution in [2.24, 2.45) is 0 Å². The van der Waals surface area contributed by atoms with E-state index >= 15 is 0 Å². The summed E-state index contributed by atoms with van der Waals surface area (Å²) in [5, 5.41) is 15.6. The lowest BCUT2D eigenvalue weighted by Gasteiger charge is -2.21. The Bertz CT molecular complexity index is 760. The number of nitrogens with one attached hydrogen (secondary N) is 1. The van der Waals surface area contributed by atoms with Crippen molar-refractivity contribution in [3.63, 3.8) is 0 Å². The van der Waals surface area contributed by atoms with Crippen LogP contribution in [0.3, 0.4) is 0 Å². The first-order chi connectivity index (χ1) is 12.2. The minimum atomic E-state index is -0.00374. The molecule has 1 saturated heterocycles. The van der Waals surface area contributed by atoms with Gasteiger partial charge in [0, 0.05) is 18.2 Å². The van der Waals surface area contributed by atoms with Gasteiger partial charge >= 0.3 is 0 Å². The fourth-order valence-corrected chi connectivity index (χ4v) is 3.25. The Kier molecular flexibility index (Phi) is 5.46. The van der Waals surface area contributed by atoms with Crippen molar-refractivity contribution in [3.8, 4) is 6.07 Å². The Hall–Kier alpha value is -2.65. The fraction of sp³-hybridized carbons (Fsp3) is 0.421. The topological polar surface area (TPSA) is 82.2 Å². The Morgan fingerprint density at radius 2 is 2.24 bits per heavy atom.